The van der Waals surface area contributed by atoms with Crippen LogP contribution >= 0.6 is 0 Å². The van der Waals surface area contributed by atoms with Gasteiger partial charge in [0.1, 0.15) is 0 Å². The summed E-state index contributed by atoms with van der Waals surface area (Å²) >= 11 is 0. The second-order valence-corrected chi connectivity index (χ2v) is 6.05. The zero-order valence-electron chi connectivity index (χ0n) is 13.4. The van der Waals surface area contributed by atoms with Crippen molar-refractivity contribution in [2.45, 2.75) is 24.9 Å². The number of rotatable bonds is 3. The maximum atomic E-state index is 6.29. The Balaban J connectivity index is 1.66. The molecule has 0 unspecified atom stereocenters. The highest BCUT2D eigenvalue weighted by Gasteiger charge is 2.32. The maximum absolute atomic E-state index is 6.29. The normalized spacial score (nSPS) is 23.8. The molecule has 0 saturated carbocycles. The average molecular weight is 316 g/mol. The molecule has 1 saturated heterocycles. The number of benzene rings is 3. The van der Waals surface area contributed by atoms with Gasteiger partial charge in [-0.1, -0.05) is 91.0 Å². The molecule has 3 aromatic rings. The van der Waals surface area contributed by atoms with Gasteiger partial charge in [0.2, 0.25) is 0 Å². The second kappa shape index (κ2) is 7.00. The van der Waals surface area contributed by atoms with E-state index in [0.717, 1.165) is 12.0 Å². The van der Waals surface area contributed by atoms with Crippen LogP contribution in [0.1, 0.15) is 41.6 Å². The molecule has 1 aliphatic rings. The van der Waals surface area contributed by atoms with Gasteiger partial charge in [-0.05, 0) is 11.1 Å². The summed E-state index contributed by atoms with van der Waals surface area (Å²) in [6.45, 7) is 0. The summed E-state index contributed by atoms with van der Waals surface area (Å²) in [7, 11) is 0. The molecule has 0 aromatic heterocycles. The summed E-state index contributed by atoms with van der Waals surface area (Å²) in [6, 6.07) is 31.0. The summed E-state index contributed by atoms with van der Waals surface area (Å²) in [6.07, 6.45) is 0.512. The van der Waals surface area contributed by atoms with E-state index in [1.54, 1.807) is 0 Å². The van der Waals surface area contributed by atoms with Crippen molar-refractivity contribution in [2.24, 2.45) is 0 Å². The van der Waals surface area contributed by atoms with Crippen molar-refractivity contribution in [1.29, 1.82) is 0 Å². The van der Waals surface area contributed by atoms with Gasteiger partial charge in [-0.3, -0.25) is 0 Å². The van der Waals surface area contributed by atoms with Crippen molar-refractivity contribution < 1.29 is 9.47 Å². The van der Waals surface area contributed by atoms with Crippen LogP contribution in [-0.4, -0.2) is 0 Å². The Morgan fingerprint density at radius 3 is 1.29 bits per heavy atom. The number of ether oxygens (including phenoxy) is 2. The van der Waals surface area contributed by atoms with E-state index in [0.29, 0.717) is 0 Å². The predicted molar refractivity (Wildman–Crippen MR) is 94.3 cm³/mol. The van der Waals surface area contributed by atoms with Gasteiger partial charge in [0, 0.05) is 12.0 Å². The molecule has 24 heavy (non-hydrogen) atoms. The van der Waals surface area contributed by atoms with Gasteiger partial charge < -0.3 is 9.47 Å². The first kappa shape index (κ1) is 15.1. The highest BCUT2D eigenvalue weighted by molar-refractivity contribution is 5.24. The molecule has 0 aliphatic carbocycles. The molecule has 2 nitrogen and oxygen atoms in total. The summed E-state index contributed by atoms with van der Waals surface area (Å²) in [5.41, 5.74) is 3.45. The summed E-state index contributed by atoms with van der Waals surface area (Å²) in [5.74, 6) is 0. The third-order valence-corrected chi connectivity index (χ3v) is 4.42. The van der Waals surface area contributed by atoms with Crippen LogP contribution < -0.4 is 0 Å². The lowest BCUT2D eigenvalue weighted by molar-refractivity contribution is -0.253. The fraction of sp³-hybridized carbons (Fsp3) is 0.182. The van der Waals surface area contributed by atoms with Crippen LogP contribution in [-0.2, 0) is 9.47 Å². The van der Waals surface area contributed by atoms with E-state index < -0.39 is 0 Å². The van der Waals surface area contributed by atoms with E-state index in [4.69, 9.17) is 9.47 Å². The molecule has 120 valence electrons. The van der Waals surface area contributed by atoms with E-state index in [-0.39, 0.29) is 18.5 Å². The molecule has 0 radical (unpaired) electrons. The SMILES string of the molecule is c1ccc(C2O[C@@H](c3ccccc3)C[C@H](c3ccccc3)O2)cc1. The van der Waals surface area contributed by atoms with Crippen molar-refractivity contribution in [3.05, 3.63) is 108 Å². The predicted octanol–water partition coefficient (Wildman–Crippen LogP) is 5.60. The number of hydrogen-bond donors (Lipinski definition) is 0. The molecule has 2 heteroatoms. The van der Waals surface area contributed by atoms with Gasteiger partial charge >= 0.3 is 0 Å². The van der Waals surface area contributed by atoms with Crippen molar-refractivity contribution in [1.82, 2.24) is 0 Å². The molecule has 2 atom stereocenters. The second-order valence-electron chi connectivity index (χ2n) is 6.05. The fourth-order valence-electron chi connectivity index (χ4n) is 3.17. The monoisotopic (exact) mass is 316 g/mol. The molecule has 1 fully saturated rings. The Bertz CT molecular complexity index is 642. The van der Waals surface area contributed by atoms with Gasteiger partial charge in [-0.25, -0.2) is 0 Å². The van der Waals surface area contributed by atoms with Crippen molar-refractivity contribution in [3.8, 4) is 0 Å². The van der Waals surface area contributed by atoms with Gasteiger partial charge in [0.15, 0.2) is 6.29 Å². The molecule has 0 spiro atoms. The third kappa shape index (κ3) is 3.25. The van der Waals surface area contributed by atoms with Gasteiger partial charge in [-0.2, -0.15) is 0 Å². The zero-order chi connectivity index (χ0) is 16.2. The fourth-order valence-corrected chi connectivity index (χ4v) is 3.17. The summed E-state index contributed by atoms with van der Waals surface area (Å²) < 4.78 is 12.6. The molecule has 1 aliphatic heterocycles. The van der Waals surface area contributed by atoms with E-state index in [1.165, 1.54) is 11.1 Å². The highest BCUT2D eigenvalue weighted by atomic mass is 16.7. The lowest BCUT2D eigenvalue weighted by Crippen LogP contribution is -2.24. The van der Waals surface area contributed by atoms with Crippen LogP contribution in [0.4, 0.5) is 0 Å². The lowest BCUT2D eigenvalue weighted by Gasteiger charge is -2.36. The van der Waals surface area contributed by atoms with Crippen LogP contribution in [0.15, 0.2) is 91.0 Å². The van der Waals surface area contributed by atoms with Gasteiger partial charge in [0.25, 0.3) is 0 Å². The largest absolute Gasteiger partial charge is 0.340 e. The first-order chi connectivity index (χ1) is 11.9. The van der Waals surface area contributed by atoms with Crippen molar-refractivity contribution >= 4 is 0 Å². The minimum atomic E-state index is -0.352. The summed E-state index contributed by atoms with van der Waals surface area (Å²) in [4.78, 5) is 0. The molecule has 1 heterocycles. The maximum Gasteiger partial charge on any atom is 0.185 e. The first-order valence-electron chi connectivity index (χ1n) is 8.36. The minimum Gasteiger partial charge on any atom is -0.340 e. The molecular weight excluding hydrogens is 296 g/mol. The zero-order valence-corrected chi connectivity index (χ0v) is 13.4. The lowest BCUT2D eigenvalue weighted by atomic mass is 9.97. The van der Waals surface area contributed by atoms with Crippen LogP contribution in [0, 0.1) is 0 Å². The van der Waals surface area contributed by atoms with Crippen molar-refractivity contribution in [2.75, 3.05) is 0 Å². The van der Waals surface area contributed by atoms with Gasteiger partial charge in [-0.15, -0.1) is 0 Å². The smallest absolute Gasteiger partial charge is 0.185 e. The van der Waals surface area contributed by atoms with E-state index >= 15 is 0 Å². The Morgan fingerprint density at radius 2 is 0.875 bits per heavy atom. The quantitative estimate of drug-likeness (QED) is 0.626. The Kier molecular flexibility index (Phi) is 4.41. The van der Waals surface area contributed by atoms with Crippen LogP contribution in [0.25, 0.3) is 0 Å². The van der Waals surface area contributed by atoms with Crippen LogP contribution in [0.2, 0.25) is 0 Å². The van der Waals surface area contributed by atoms with E-state index in [1.807, 2.05) is 30.3 Å². The molecule has 0 amide bonds. The Labute approximate surface area is 142 Å². The molecule has 4 rings (SSSR count). The molecule has 0 bridgehead atoms. The topological polar surface area (TPSA) is 18.5 Å². The van der Waals surface area contributed by atoms with Crippen LogP contribution in [0.3, 0.4) is 0 Å². The third-order valence-electron chi connectivity index (χ3n) is 4.42. The molecular formula is C22H20O2. The molecule has 3 aromatic carbocycles. The summed E-state index contributed by atoms with van der Waals surface area (Å²) in [5, 5.41) is 0. The number of hydrogen-bond acceptors (Lipinski definition) is 2. The van der Waals surface area contributed by atoms with Crippen molar-refractivity contribution in [3.63, 3.8) is 0 Å². The average Bonchev–Trinajstić information content (AvgIpc) is 2.70. The highest BCUT2D eigenvalue weighted by Crippen LogP contribution is 2.43. The van der Waals surface area contributed by atoms with E-state index in [9.17, 15) is 0 Å². The first-order valence-corrected chi connectivity index (χ1v) is 8.36. The Hall–Kier alpha value is -2.42. The Morgan fingerprint density at radius 1 is 0.500 bits per heavy atom. The molecule has 0 N–H and O–H groups in total. The van der Waals surface area contributed by atoms with Crippen LogP contribution in [0.5, 0.6) is 0 Å². The standard InChI is InChI=1S/C22H20O2/c1-4-10-17(11-5-1)20-16-21(18-12-6-2-7-13-18)24-22(23-20)19-14-8-3-9-15-19/h1-15,20-22H,16H2/t20-,21-/m1/s1. The van der Waals surface area contributed by atoms with Gasteiger partial charge in [0.05, 0.1) is 12.2 Å². The minimum absolute atomic E-state index is 0.0235. The van der Waals surface area contributed by atoms with E-state index in [2.05, 4.69) is 60.7 Å².